The van der Waals surface area contributed by atoms with E-state index in [9.17, 15) is 17.1 Å². The van der Waals surface area contributed by atoms with Crippen LogP contribution in [-0.2, 0) is 15.0 Å². The third-order valence-corrected chi connectivity index (χ3v) is 3.32. The SMILES string of the molecule is CC(C)(C)N1CC(CS(=O)(=O)F)CC1=O. The van der Waals surface area contributed by atoms with Gasteiger partial charge in [0.2, 0.25) is 5.91 Å². The predicted octanol–water partition coefficient (Wildman–Crippen LogP) is 0.933. The van der Waals surface area contributed by atoms with Crippen molar-refractivity contribution in [3.63, 3.8) is 0 Å². The summed E-state index contributed by atoms with van der Waals surface area (Å²) in [7, 11) is -4.48. The summed E-state index contributed by atoms with van der Waals surface area (Å²) in [5.74, 6) is -1.06. The highest BCUT2D eigenvalue weighted by atomic mass is 32.3. The molecule has 4 nitrogen and oxygen atoms in total. The number of halogens is 1. The summed E-state index contributed by atoms with van der Waals surface area (Å²) < 4.78 is 33.3. The number of likely N-dealkylation sites (tertiary alicyclic amines) is 1. The Kier molecular flexibility index (Phi) is 3.09. The molecular formula is C9H16FNO3S. The van der Waals surface area contributed by atoms with Crippen LogP contribution in [0.15, 0.2) is 0 Å². The minimum atomic E-state index is -4.48. The molecule has 1 atom stereocenters. The van der Waals surface area contributed by atoms with Gasteiger partial charge >= 0.3 is 10.2 Å². The summed E-state index contributed by atoms with van der Waals surface area (Å²) in [4.78, 5) is 13.1. The van der Waals surface area contributed by atoms with Crippen molar-refractivity contribution in [1.29, 1.82) is 0 Å². The lowest BCUT2D eigenvalue weighted by Gasteiger charge is -2.32. The van der Waals surface area contributed by atoms with E-state index in [2.05, 4.69) is 0 Å². The number of carbonyl (C=O) groups excluding carboxylic acids is 1. The van der Waals surface area contributed by atoms with E-state index < -0.39 is 21.9 Å². The zero-order chi connectivity index (χ0) is 11.9. The summed E-state index contributed by atoms with van der Waals surface area (Å²) in [5, 5.41) is 0. The lowest BCUT2D eigenvalue weighted by molar-refractivity contribution is -0.131. The van der Waals surface area contributed by atoms with Crippen LogP contribution in [0.25, 0.3) is 0 Å². The van der Waals surface area contributed by atoms with Crippen LogP contribution in [-0.4, -0.2) is 37.1 Å². The van der Waals surface area contributed by atoms with Crippen molar-refractivity contribution in [1.82, 2.24) is 4.90 Å². The van der Waals surface area contributed by atoms with Crippen LogP contribution in [0, 0.1) is 5.92 Å². The second-order valence-electron chi connectivity index (χ2n) is 4.95. The van der Waals surface area contributed by atoms with Crippen molar-refractivity contribution in [2.45, 2.75) is 32.7 Å². The zero-order valence-electron chi connectivity index (χ0n) is 9.16. The summed E-state index contributed by atoms with van der Waals surface area (Å²) in [6, 6.07) is 0. The first-order chi connectivity index (χ1) is 6.59. The Hall–Kier alpha value is -0.650. The maximum absolute atomic E-state index is 12.4. The van der Waals surface area contributed by atoms with E-state index in [-0.39, 0.29) is 17.9 Å². The molecule has 1 aliphatic rings. The zero-order valence-corrected chi connectivity index (χ0v) is 9.97. The lowest BCUT2D eigenvalue weighted by atomic mass is 10.1. The van der Waals surface area contributed by atoms with Crippen LogP contribution in [0.5, 0.6) is 0 Å². The topological polar surface area (TPSA) is 54.5 Å². The summed E-state index contributed by atoms with van der Waals surface area (Å²) >= 11 is 0. The van der Waals surface area contributed by atoms with E-state index in [1.54, 1.807) is 4.90 Å². The molecule has 1 rings (SSSR count). The van der Waals surface area contributed by atoms with Gasteiger partial charge in [0, 0.05) is 24.4 Å². The minimum absolute atomic E-state index is 0.101. The van der Waals surface area contributed by atoms with Gasteiger partial charge in [0.25, 0.3) is 0 Å². The average Bonchev–Trinajstić information content (AvgIpc) is 2.25. The molecule has 0 aromatic carbocycles. The van der Waals surface area contributed by atoms with E-state index in [0.29, 0.717) is 6.54 Å². The Morgan fingerprint density at radius 1 is 1.47 bits per heavy atom. The molecule has 0 N–H and O–H groups in total. The van der Waals surface area contributed by atoms with E-state index >= 15 is 0 Å². The highest BCUT2D eigenvalue weighted by molar-refractivity contribution is 7.86. The van der Waals surface area contributed by atoms with Gasteiger partial charge in [-0.25, -0.2) is 0 Å². The molecule has 1 aliphatic heterocycles. The molecule has 1 unspecified atom stereocenters. The fraction of sp³-hybridized carbons (Fsp3) is 0.889. The summed E-state index contributed by atoms with van der Waals surface area (Å²) in [6.45, 7) is 5.94. The van der Waals surface area contributed by atoms with Gasteiger partial charge in [-0.15, -0.1) is 3.89 Å². The highest BCUT2D eigenvalue weighted by Gasteiger charge is 2.37. The molecule has 0 spiro atoms. The first kappa shape index (κ1) is 12.4. The molecule has 0 radical (unpaired) electrons. The molecule has 1 saturated heterocycles. The third kappa shape index (κ3) is 3.44. The van der Waals surface area contributed by atoms with Crippen LogP contribution >= 0.6 is 0 Å². The molecule has 1 amide bonds. The van der Waals surface area contributed by atoms with Gasteiger partial charge in [0.15, 0.2) is 0 Å². The van der Waals surface area contributed by atoms with Gasteiger partial charge in [-0.05, 0) is 20.8 Å². The highest BCUT2D eigenvalue weighted by Crippen LogP contribution is 2.26. The van der Waals surface area contributed by atoms with Crippen LogP contribution < -0.4 is 0 Å². The number of hydrogen-bond acceptors (Lipinski definition) is 3. The van der Waals surface area contributed by atoms with Gasteiger partial charge in [0.05, 0.1) is 5.75 Å². The molecule has 1 fully saturated rings. The van der Waals surface area contributed by atoms with E-state index in [4.69, 9.17) is 0 Å². The Labute approximate surface area is 89.7 Å². The van der Waals surface area contributed by atoms with Gasteiger partial charge in [-0.2, -0.15) is 8.42 Å². The van der Waals surface area contributed by atoms with Crippen LogP contribution in [0.2, 0.25) is 0 Å². The standard InChI is InChI=1S/C9H16FNO3S/c1-9(2,3)11-5-7(4-8(11)12)6-15(10,13)14/h7H,4-6H2,1-3H3. The van der Waals surface area contributed by atoms with Crippen molar-refractivity contribution >= 4 is 16.1 Å². The van der Waals surface area contributed by atoms with Gasteiger partial charge in [-0.1, -0.05) is 0 Å². The molecule has 0 aromatic heterocycles. The molecular weight excluding hydrogens is 221 g/mol. The molecule has 1 heterocycles. The van der Waals surface area contributed by atoms with Crippen LogP contribution in [0.1, 0.15) is 27.2 Å². The fourth-order valence-electron chi connectivity index (χ4n) is 1.82. The van der Waals surface area contributed by atoms with Crippen molar-refractivity contribution in [3.8, 4) is 0 Å². The molecule has 15 heavy (non-hydrogen) atoms. The van der Waals surface area contributed by atoms with Crippen molar-refractivity contribution in [2.75, 3.05) is 12.3 Å². The third-order valence-electron chi connectivity index (χ3n) is 2.45. The lowest BCUT2D eigenvalue weighted by Crippen LogP contribution is -2.42. The van der Waals surface area contributed by atoms with Crippen LogP contribution in [0.3, 0.4) is 0 Å². The Morgan fingerprint density at radius 2 is 2.00 bits per heavy atom. The van der Waals surface area contributed by atoms with Crippen molar-refractivity contribution < 1.29 is 17.1 Å². The van der Waals surface area contributed by atoms with E-state index in [1.165, 1.54) is 0 Å². The summed E-state index contributed by atoms with van der Waals surface area (Å²) in [6.07, 6.45) is 0.125. The Balaban J connectivity index is 2.69. The van der Waals surface area contributed by atoms with Gasteiger partial charge in [-0.3, -0.25) is 4.79 Å². The molecule has 6 heteroatoms. The van der Waals surface area contributed by atoms with Crippen LogP contribution in [0.4, 0.5) is 3.89 Å². The second kappa shape index (κ2) is 3.73. The number of amides is 1. The predicted molar refractivity (Wildman–Crippen MR) is 54.5 cm³/mol. The summed E-state index contributed by atoms with van der Waals surface area (Å²) in [5.41, 5.74) is -0.327. The smallest absolute Gasteiger partial charge is 0.302 e. The molecule has 88 valence electrons. The van der Waals surface area contributed by atoms with Crippen molar-refractivity contribution in [3.05, 3.63) is 0 Å². The first-order valence-corrected chi connectivity index (χ1v) is 6.37. The number of carbonyl (C=O) groups is 1. The minimum Gasteiger partial charge on any atom is -0.338 e. The monoisotopic (exact) mass is 237 g/mol. The first-order valence-electron chi connectivity index (χ1n) is 4.82. The number of nitrogens with zero attached hydrogens (tertiary/aromatic N) is 1. The van der Waals surface area contributed by atoms with Gasteiger partial charge in [0.1, 0.15) is 0 Å². The normalized spacial score (nSPS) is 23.6. The molecule has 0 saturated carbocycles. The van der Waals surface area contributed by atoms with E-state index in [0.717, 1.165) is 0 Å². The maximum Gasteiger partial charge on any atom is 0.302 e. The van der Waals surface area contributed by atoms with Gasteiger partial charge < -0.3 is 4.90 Å². The van der Waals surface area contributed by atoms with Crippen molar-refractivity contribution in [2.24, 2.45) is 5.92 Å². The Bertz CT molecular complexity index is 358. The number of hydrogen-bond donors (Lipinski definition) is 0. The fourth-order valence-corrected chi connectivity index (χ4v) is 2.61. The molecule has 0 aromatic rings. The molecule has 0 aliphatic carbocycles. The molecule has 0 bridgehead atoms. The second-order valence-corrected chi connectivity index (χ2v) is 6.36. The maximum atomic E-state index is 12.4. The average molecular weight is 237 g/mol. The van der Waals surface area contributed by atoms with E-state index in [1.807, 2.05) is 20.8 Å². The number of rotatable bonds is 2. The largest absolute Gasteiger partial charge is 0.338 e. The quantitative estimate of drug-likeness (QED) is 0.671. The Morgan fingerprint density at radius 3 is 2.33 bits per heavy atom.